The van der Waals surface area contributed by atoms with Gasteiger partial charge < -0.3 is 15.7 Å². The number of aliphatic hydroxyl groups excluding tert-OH is 1. The molecule has 0 aromatic carbocycles. The fourth-order valence-electron chi connectivity index (χ4n) is 2.35. The molecular formula is C12H24N2O2. The van der Waals surface area contributed by atoms with Crippen LogP contribution in [0, 0.1) is 11.8 Å². The van der Waals surface area contributed by atoms with Crippen LogP contribution in [-0.2, 0) is 4.79 Å². The third kappa shape index (κ3) is 2.95. The lowest BCUT2D eigenvalue weighted by atomic mass is 9.92. The number of nitrogens with zero attached hydrogens (tertiary/aromatic N) is 1. The van der Waals surface area contributed by atoms with Crippen LogP contribution in [0.15, 0.2) is 0 Å². The van der Waals surface area contributed by atoms with Crippen LogP contribution in [0.5, 0.6) is 0 Å². The van der Waals surface area contributed by atoms with E-state index in [9.17, 15) is 9.90 Å². The van der Waals surface area contributed by atoms with Gasteiger partial charge in [0.1, 0.15) is 0 Å². The molecule has 0 saturated carbocycles. The number of carbonyl (C=O) groups excluding carboxylic acids is 1. The molecule has 4 heteroatoms. The number of likely N-dealkylation sites (tertiary alicyclic amines) is 1. The lowest BCUT2D eigenvalue weighted by molar-refractivity contribution is -0.141. The van der Waals surface area contributed by atoms with Crippen LogP contribution in [0.3, 0.4) is 0 Å². The predicted octanol–water partition coefficient (Wildman–Crippen LogP) is 0.591. The van der Waals surface area contributed by atoms with Crippen molar-refractivity contribution in [2.75, 3.05) is 19.7 Å². The molecule has 0 spiro atoms. The van der Waals surface area contributed by atoms with E-state index in [0.29, 0.717) is 6.54 Å². The van der Waals surface area contributed by atoms with Gasteiger partial charge in [-0.3, -0.25) is 4.79 Å². The summed E-state index contributed by atoms with van der Waals surface area (Å²) in [4.78, 5) is 14.1. The summed E-state index contributed by atoms with van der Waals surface area (Å²) in [6, 6.07) is 0.00838. The first-order valence-corrected chi connectivity index (χ1v) is 6.23. The summed E-state index contributed by atoms with van der Waals surface area (Å²) in [6.45, 7) is 5.28. The van der Waals surface area contributed by atoms with Gasteiger partial charge in [-0.15, -0.1) is 0 Å². The summed E-state index contributed by atoms with van der Waals surface area (Å²) >= 11 is 0. The highest BCUT2D eigenvalue weighted by molar-refractivity contribution is 5.79. The van der Waals surface area contributed by atoms with E-state index in [0.717, 1.165) is 25.8 Å². The monoisotopic (exact) mass is 228 g/mol. The van der Waals surface area contributed by atoms with Crippen molar-refractivity contribution in [3.63, 3.8) is 0 Å². The molecule has 94 valence electrons. The topological polar surface area (TPSA) is 66.6 Å². The second kappa shape index (κ2) is 6.21. The van der Waals surface area contributed by atoms with Crippen molar-refractivity contribution in [3.8, 4) is 0 Å². The predicted molar refractivity (Wildman–Crippen MR) is 63.8 cm³/mol. The number of carbonyl (C=O) groups is 1. The van der Waals surface area contributed by atoms with Crippen LogP contribution in [0.1, 0.15) is 33.1 Å². The lowest BCUT2D eigenvalue weighted by Crippen LogP contribution is -2.50. The zero-order valence-electron chi connectivity index (χ0n) is 10.4. The van der Waals surface area contributed by atoms with E-state index in [1.54, 1.807) is 0 Å². The first kappa shape index (κ1) is 13.5. The number of nitrogens with two attached hydrogens (primary N) is 1. The van der Waals surface area contributed by atoms with Gasteiger partial charge in [-0.25, -0.2) is 0 Å². The number of piperidine rings is 1. The van der Waals surface area contributed by atoms with E-state index < -0.39 is 0 Å². The Morgan fingerprint density at radius 3 is 2.69 bits per heavy atom. The Kier molecular flexibility index (Phi) is 5.22. The highest BCUT2D eigenvalue weighted by atomic mass is 16.3. The summed E-state index contributed by atoms with van der Waals surface area (Å²) in [5.74, 6) is 0.280. The molecule has 4 nitrogen and oxygen atoms in total. The molecule has 0 aromatic heterocycles. The number of rotatable bonds is 4. The standard InChI is InChI=1S/C12H24N2O2/c1-9(2)11(7-13)12(16)14-6-4-3-5-10(14)8-15/h9-11,15H,3-8,13H2,1-2H3. The first-order chi connectivity index (χ1) is 7.61. The van der Waals surface area contributed by atoms with Crippen LogP contribution in [0.2, 0.25) is 0 Å². The van der Waals surface area contributed by atoms with Crippen molar-refractivity contribution < 1.29 is 9.90 Å². The van der Waals surface area contributed by atoms with E-state index in [-0.39, 0.29) is 30.4 Å². The van der Waals surface area contributed by atoms with Crippen molar-refractivity contribution in [2.24, 2.45) is 17.6 Å². The Labute approximate surface area is 97.8 Å². The Morgan fingerprint density at radius 1 is 1.50 bits per heavy atom. The molecule has 2 atom stereocenters. The molecule has 1 fully saturated rings. The van der Waals surface area contributed by atoms with Gasteiger partial charge in [0.2, 0.25) is 5.91 Å². The van der Waals surface area contributed by atoms with Crippen LogP contribution >= 0.6 is 0 Å². The molecule has 1 saturated heterocycles. The van der Waals surface area contributed by atoms with E-state index in [4.69, 9.17) is 5.73 Å². The van der Waals surface area contributed by atoms with E-state index in [1.165, 1.54) is 0 Å². The molecule has 0 aliphatic carbocycles. The summed E-state index contributed by atoms with van der Waals surface area (Å²) in [5.41, 5.74) is 5.66. The molecule has 0 bridgehead atoms. The van der Waals surface area contributed by atoms with Gasteiger partial charge in [0.25, 0.3) is 0 Å². The molecular weight excluding hydrogens is 204 g/mol. The second-order valence-corrected chi connectivity index (χ2v) is 4.95. The van der Waals surface area contributed by atoms with Crippen molar-refractivity contribution >= 4 is 5.91 Å². The molecule has 1 heterocycles. The Bertz CT molecular complexity index is 231. The molecule has 1 rings (SSSR count). The van der Waals surface area contributed by atoms with Gasteiger partial charge in [0.15, 0.2) is 0 Å². The highest BCUT2D eigenvalue weighted by Crippen LogP contribution is 2.21. The minimum Gasteiger partial charge on any atom is -0.394 e. The van der Waals surface area contributed by atoms with Gasteiger partial charge in [0.05, 0.1) is 18.6 Å². The molecule has 2 unspecified atom stereocenters. The van der Waals surface area contributed by atoms with Gasteiger partial charge in [-0.05, 0) is 25.2 Å². The van der Waals surface area contributed by atoms with Gasteiger partial charge in [-0.1, -0.05) is 13.8 Å². The zero-order chi connectivity index (χ0) is 12.1. The van der Waals surface area contributed by atoms with Crippen LogP contribution < -0.4 is 5.73 Å². The van der Waals surface area contributed by atoms with Gasteiger partial charge in [0, 0.05) is 13.1 Å². The fraction of sp³-hybridized carbons (Fsp3) is 0.917. The van der Waals surface area contributed by atoms with Crippen molar-refractivity contribution in [1.29, 1.82) is 0 Å². The SMILES string of the molecule is CC(C)C(CN)C(=O)N1CCCCC1CO. The van der Waals surface area contributed by atoms with E-state index in [2.05, 4.69) is 0 Å². The van der Waals surface area contributed by atoms with Crippen LogP contribution in [0.25, 0.3) is 0 Å². The maximum absolute atomic E-state index is 12.3. The Morgan fingerprint density at radius 2 is 2.19 bits per heavy atom. The third-order valence-electron chi connectivity index (χ3n) is 3.50. The van der Waals surface area contributed by atoms with E-state index in [1.807, 2.05) is 18.7 Å². The summed E-state index contributed by atoms with van der Waals surface area (Å²) in [5, 5.41) is 9.28. The van der Waals surface area contributed by atoms with E-state index >= 15 is 0 Å². The summed E-state index contributed by atoms with van der Waals surface area (Å²) < 4.78 is 0. The quantitative estimate of drug-likeness (QED) is 0.740. The molecule has 16 heavy (non-hydrogen) atoms. The maximum Gasteiger partial charge on any atom is 0.227 e. The minimum atomic E-state index is -0.104. The average Bonchev–Trinajstić information content (AvgIpc) is 2.29. The van der Waals surface area contributed by atoms with Gasteiger partial charge in [-0.2, -0.15) is 0 Å². The zero-order valence-corrected chi connectivity index (χ0v) is 10.4. The number of aliphatic hydroxyl groups is 1. The lowest BCUT2D eigenvalue weighted by Gasteiger charge is -2.37. The summed E-state index contributed by atoms with van der Waals surface area (Å²) in [7, 11) is 0. The Balaban J connectivity index is 2.69. The molecule has 1 aliphatic heterocycles. The average molecular weight is 228 g/mol. The largest absolute Gasteiger partial charge is 0.394 e. The van der Waals surface area contributed by atoms with Gasteiger partial charge >= 0.3 is 0 Å². The molecule has 3 N–H and O–H groups in total. The smallest absolute Gasteiger partial charge is 0.227 e. The van der Waals surface area contributed by atoms with Crippen LogP contribution in [0.4, 0.5) is 0 Å². The highest BCUT2D eigenvalue weighted by Gasteiger charge is 2.31. The molecule has 1 aliphatic rings. The van der Waals surface area contributed by atoms with Crippen molar-refractivity contribution in [1.82, 2.24) is 4.90 Å². The molecule has 0 aromatic rings. The minimum absolute atomic E-state index is 0.00838. The van der Waals surface area contributed by atoms with Crippen molar-refractivity contribution in [2.45, 2.75) is 39.2 Å². The normalized spacial score (nSPS) is 23.6. The number of hydrogen-bond acceptors (Lipinski definition) is 3. The number of hydrogen-bond donors (Lipinski definition) is 2. The Hall–Kier alpha value is -0.610. The number of amides is 1. The molecule has 1 amide bonds. The fourth-order valence-corrected chi connectivity index (χ4v) is 2.35. The first-order valence-electron chi connectivity index (χ1n) is 6.23. The molecule has 0 radical (unpaired) electrons. The third-order valence-corrected chi connectivity index (χ3v) is 3.50. The van der Waals surface area contributed by atoms with Crippen molar-refractivity contribution in [3.05, 3.63) is 0 Å². The second-order valence-electron chi connectivity index (χ2n) is 4.95. The van der Waals surface area contributed by atoms with Crippen LogP contribution in [-0.4, -0.2) is 41.7 Å². The maximum atomic E-state index is 12.3. The summed E-state index contributed by atoms with van der Waals surface area (Å²) in [6.07, 6.45) is 3.05.